The molecule has 4 nitrogen and oxygen atoms in total. The Labute approximate surface area is 80.1 Å². The number of hydrogen-bond acceptors (Lipinski definition) is 3. The van der Waals surface area contributed by atoms with Crippen LogP contribution in [0, 0.1) is 5.92 Å². The highest BCUT2D eigenvalue weighted by Gasteiger charge is 2.31. The molecule has 0 radical (unpaired) electrons. The Morgan fingerprint density at radius 2 is 2.15 bits per heavy atom. The molecular formula is C8H18N2O2S. The van der Waals surface area contributed by atoms with Crippen molar-refractivity contribution in [2.75, 3.05) is 12.3 Å². The first kappa shape index (κ1) is 10.9. The van der Waals surface area contributed by atoms with Gasteiger partial charge in [-0.3, -0.25) is 0 Å². The summed E-state index contributed by atoms with van der Waals surface area (Å²) < 4.78 is 24.8. The fourth-order valence-electron chi connectivity index (χ4n) is 1.63. The summed E-state index contributed by atoms with van der Waals surface area (Å²) in [7, 11) is -3.10. The summed E-state index contributed by atoms with van der Waals surface area (Å²) in [5, 5.41) is 0. The first-order valence-corrected chi connectivity index (χ1v) is 6.29. The van der Waals surface area contributed by atoms with Crippen LogP contribution in [0.4, 0.5) is 0 Å². The Morgan fingerprint density at radius 3 is 2.54 bits per heavy atom. The predicted molar refractivity (Wildman–Crippen MR) is 52.5 cm³/mol. The van der Waals surface area contributed by atoms with Gasteiger partial charge in [-0.1, -0.05) is 13.8 Å². The molecule has 0 aromatic carbocycles. The van der Waals surface area contributed by atoms with Crippen molar-refractivity contribution >= 4 is 10.0 Å². The minimum Gasteiger partial charge on any atom is -0.315 e. The maximum absolute atomic E-state index is 11.7. The van der Waals surface area contributed by atoms with Gasteiger partial charge in [-0.05, 0) is 18.8 Å². The summed E-state index contributed by atoms with van der Waals surface area (Å²) in [4.78, 5) is 0. The molecule has 13 heavy (non-hydrogen) atoms. The van der Waals surface area contributed by atoms with Gasteiger partial charge in [-0.2, -0.15) is 4.31 Å². The summed E-state index contributed by atoms with van der Waals surface area (Å²) in [5.41, 5.74) is 5.69. The topological polar surface area (TPSA) is 63.4 Å². The van der Waals surface area contributed by atoms with Crippen LogP contribution in [0.15, 0.2) is 0 Å². The molecule has 0 aromatic rings. The van der Waals surface area contributed by atoms with Crippen LogP contribution in [0.2, 0.25) is 0 Å². The Hall–Kier alpha value is -0.130. The van der Waals surface area contributed by atoms with E-state index in [-0.39, 0.29) is 17.8 Å². The number of nitrogens with two attached hydrogens (primary N) is 1. The third kappa shape index (κ3) is 2.65. The van der Waals surface area contributed by atoms with E-state index in [1.54, 1.807) is 0 Å². The van der Waals surface area contributed by atoms with Crippen LogP contribution in [0.3, 0.4) is 0 Å². The number of sulfonamides is 1. The van der Waals surface area contributed by atoms with Crippen LogP contribution < -0.4 is 5.73 Å². The second-order valence-electron chi connectivity index (χ2n) is 3.99. The SMILES string of the molecule is CC(C)CS(=O)(=O)N1CCCC1N. The zero-order valence-corrected chi connectivity index (χ0v) is 9.05. The van der Waals surface area contributed by atoms with E-state index in [0.29, 0.717) is 6.54 Å². The first-order valence-electron chi connectivity index (χ1n) is 4.68. The van der Waals surface area contributed by atoms with Crippen LogP contribution in [-0.2, 0) is 10.0 Å². The first-order chi connectivity index (χ1) is 5.93. The highest BCUT2D eigenvalue weighted by atomic mass is 32.2. The highest BCUT2D eigenvalue weighted by molar-refractivity contribution is 7.89. The lowest BCUT2D eigenvalue weighted by atomic mass is 10.3. The fourth-order valence-corrected chi connectivity index (χ4v) is 3.59. The van der Waals surface area contributed by atoms with Crippen LogP contribution >= 0.6 is 0 Å². The van der Waals surface area contributed by atoms with Crippen molar-refractivity contribution < 1.29 is 8.42 Å². The van der Waals surface area contributed by atoms with Crippen molar-refractivity contribution in [1.29, 1.82) is 0 Å². The largest absolute Gasteiger partial charge is 0.315 e. The van der Waals surface area contributed by atoms with Gasteiger partial charge in [-0.15, -0.1) is 0 Å². The van der Waals surface area contributed by atoms with Gasteiger partial charge >= 0.3 is 0 Å². The number of rotatable bonds is 3. The minimum atomic E-state index is -3.10. The zero-order valence-electron chi connectivity index (χ0n) is 8.23. The highest BCUT2D eigenvalue weighted by Crippen LogP contribution is 2.18. The van der Waals surface area contributed by atoms with Crippen LogP contribution in [-0.4, -0.2) is 31.2 Å². The average Bonchev–Trinajstić information content (AvgIpc) is 2.32. The standard InChI is InChI=1S/C8H18N2O2S/c1-7(2)6-13(11,12)10-5-3-4-8(10)9/h7-8H,3-6,9H2,1-2H3. The molecule has 1 aliphatic heterocycles. The lowest BCUT2D eigenvalue weighted by Gasteiger charge is -2.21. The molecule has 0 spiro atoms. The summed E-state index contributed by atoms with van der Waals surface area (Å²) in [5.74, 6) is 0.374. The molecule has 0 aliphatic carbocycles. The summed E-state index contributed by atoms with van der Waals surface area (Å²) >= 11 is 0. The van der Waals surface area contributed by atoms with Gasteiger partial charge in [0.25, 0.3) is 0 Å². The monoisotopic (exact) mass is 206 g/mol. The van der Waals surface area contributed by atoms with E-state index in [2.05, 4.69) is 0 Å². The summed E-state index contributed by atoms with van der Waals surface area (Å²) in [6.45, 7) is 4.40. The minimum absolute atomic E-state index is 0.165. The van der Waals surface area contributed by atoms with E-state index >= 15 is 0 Å². The van der Waals surface area contributed by atoms with E-state index in [1.807, 2.05) is 13.8 Å². The van der Waals surface area contributed by atoms with Crippen molar-refractivity contribution in [2.45, 2.75) is 32.9 Å². The van der Waals surface area contributed by atoms with E-state index in [4.69, 9.17) is 5.73 Å². The second-order valence-corrected chi connectivity index (χ2v) is 5.96. The Morgan fingerprint density at radius 1 is 1.54 bits per heavy atom. The molecular weight excluding hydrogens is 188 g/mol. The molecule has 0 aromatic heterocycles. The lowest BCUT2D eigenvalue weighted by Crippen LogP contribution is -2.42. The van der Waals surface area contributed by atoms with Gasteiger partial charge in [0.1, 0.15) is 0 Å². The molecule has 1 heterocycles. The van der Waals surface area contributed by atoms with Gasteiger partial charge in [0.05, 0.1) is 11.9 Å². The molecule has 1 rings (SSSR count). The maximum atomic E-state index is 11.7. The molecule has 1 unspecified atom stereocenters. The van der Waals surface area contributed by atoms with Gasteiger partial charge in [0.15, 0.2) is 0 Å². The molecule has 2 N–H and O–H groups in total. The molecule has 1 saturated heterocycles. The Balaban J connectivity index is 2.69. The van der Waals surface area contributed by atoms with Gasteiger partial charge in [0.2, 0.25) is 10.0 Å². The van der Waals surface area contributed by atoms with Crippen molar-refractivity contribution in [1.82, 2.24) is 4.31 Å². The Kier molecular flexibility index (Phi) is 3.32. The lowest BCUT2D eigenvalue weighted by molar-refractivity contribution is 0.392. The van der Waals surface area contributed by atoms with E-state index in [1.165, 1.54) is 4.31 Å². The third-order valence-electron chi connectivity index (χ3n) is 2.15. The quantitative estimate of drug-likeness (QED) is 0.725. The van der Waals surface area contributed by atoms with Crippen molar-refractivity contribution in [3.63, 3.8) is 0 Å². The number of nitrogens with zero attached hydrogens (tertiary/aromatic N) is 1. The van der Waals surface area contributed by atoms with Gasteiger partial charge in [-0.25, -0.2) is 8.42 Å². The number of hydrogen-bond donors (Lipinski definition) is 1. The van der Waals surface area contributed by atoms with Gasteiger partial charge < -0.3 is 5.73 Å². The smallest absolute Gasteiger partial charge is 0.215 e. The second kappa shape index (κ2) is 3.94. The third-order valence-corrected chi connectivity index (χ3v) is 4.41. The van der Waals surface area contributed by atoms with Gasteiger partial charge in [0, 0.05) is 6.54 Å². The molecule has 0 amide bonds. The zero-order chi connectivity index (χ0) is 10.1. The normalized spacial score (nSPS) is 25.7. The molecule has 5 heteroatoms. The molecule has 1 fully saturated rings. The molecule has 0 saturated carbocycles. The average molecular weight is 206 g/mol. The molecule has 1 atom stereocenters. The van der Waals surface area contributed by atoms with Crippen molar-refractivity contribution in [2.24, 2.45) is 11.7 Å². The van der Waals surface area contributed by atoms with E-state index < -0.39 is 10.0 Å². The summed E-state index contributed by atoms with van der Waals surface area (Å²) in [6, 6.07) is 0. The van der Waals surface area contributed by atoms with Crippen LogP contribution in [0.25, 0.3) is 0 Å². The van der Waals surface area contributed by atoms with Crippen LogP contribution in [0.1, 0.15) is 26.7 Å². The predicted octanol–water partition coefficient (Wildman–Crippen LogP) is 0.353. The summed E-state index contributed by atoms with van der Waals surface area (Å²) in [6.07, 6.45) is 1.39. The molecule has 1 aliphatic rings. The fraction of sp³-hybridized carbons (Fsp3) is 1.00. The molecule has 0 bridgehead atoms. The van der Waals surface area contributed by atoms with Crippen molar-refractivity contribution in [3.8, 4) is 0 Å². The Bertz CT molecular complexity index is 261. The van der Waals surface area contributed by atoms with Crippen LogP contribution in [0.5, 0.6) is 0 Å². The van der Waals surface area contributed by atoms with Crippen molar-refractivity contribution in [3.05, 3.63) is 0 Å². The van der Waals surface area contributed by atoms with E-state index in [0.717, 1.165) is 12.8 Å². The molecule has 78 valence electrons. The maximum Gasteiger partial charge on any atom is 0.215 e. The van der Waals surface area contributed by atoms with E-state index in [9.17, 15) is 8.42 Å².